The molecule has 64 valence electrons. The predicted molar refractivity (Wildman–Crippen MR) is 54.5 cm³/mol. The van der Waals surface area contributed by atoms with Gasteiger partial charge in [-0.3, -0.25) is 0 Å². The molecule has 1 aliphatic heterocycles. The highest BCUT2D eigenvalue weighted by Crippen LogP contribution is 2.34. The highest BCUT2D eigenvalue weighted by Gasteiger charge is 2.18. The van der Waals surface area contributed by atoms with E-state index in [9.17, 15) is 0 Å². The fourth-order valence-electron chi connectivity index (χ4n) is 1.45. The monoisotopic (exact) mass is 199 g/mol. The van der Waals surface area contributed by atoms with Crippen molar-refractivity contribution in [1.29, 1.82) is 0 Å². The number of benzene rings is 1. The molecule has 0 saturated heterocycles. The van der Waals surface area contributed by atoms with Crippen LogP contribution in [0.25, 0.3) is 0 Å². The van der Waals surface area contributed by atoms with Gasteiger partial charge in [-0.1, -0.05) is 23.7 Å². The summed E-state index contributed by atoms with van der Waals surface area (Å²) < 4.78 is 0. The number of halogens is 1. The van der Waals surface area contributed by atoms with Crippen LogP contribution in [0.15, 0.2) is 18.2 Å². The lowest BCUT2D eigenvalue weighted by atomic mass is 10.0. The van der Waals surface area contributed by atoms with Crippen molar-refractivity contribution in [3.63, 3.8) is 0 Å². The van der Waals surface area contributed by atoms with Crippen LogP contribution >= 0.6 is 23.4 Å². The van der Waals surface area contributed by atoms with Crippen LogP contribution in [0.2, 0.25) is 5.02 Å². The Morgan fingerprint density at radius 3 is 3.08 bits per heavy atom. The van der Waals surface area contributed by atoms with Gasteiger partial charge in [0.25, 0.3) is 0 Å². The lowest BCUT2D eigenvalue weighted by molar-refractivity contribution is 0.809. The normalized spacial score (nSPS) is 22.0. The molecule has 0 spiro atoms. The molecule has 1 atom stereocenters. The summed E-state index contributed by atoms with van der Waals surface area (Å²) in [4.78, 5) is 0. The molecule has 0 aliphatic carbocycles. The predicted octanol–water partition coefficient (Wildman–Crippen LogP) is 2.59. The van der Waals surface area contributed by atoms with Crippen LogP contribution in [0, 0.1) is 0 Å². The van der Waals surface area contributed by atoms with Gasteiger partial charge in [0.15, 0.2) is 0 Å². The summed E-state index contributed by atoms with van der Waals surface area (Å²) in [6, 6.07) is 6.14. The van der Waals surface area contributed by atoms with Crippen LogP contribution in [0.5, 0.6) is 0 Å². The Morgan fingerprint density at radius 2 is 2.33 bits per heavy atom. The first-order valence-electron chi connectivity index (χ1n) is 3.89. The molecule has 1 aromatic carbocycles. The molecule has 2 N–H and O–H groups in total. The van der Waals surface area contributed by atoms with Crippen molar-refractivity contribution in [3.8, 4) is 0 Å². The van der Waals surface area contributed by atoms with Crippen LogP contribution in [0.3, 0.4) is 0 Å². The third-order valence-electron chi connectivity index (χ3n) is 2.10. The minimum absolute atomic E-state index is 0.164. The lowest BCUT2D eigenvalue weighted by Gasteiger charge is -2.22. The molecule has 0 bridgehead atoms. The van der Waals surface area contributed by atoms with Gasteiger partial charge in [0.1, 0.15) is 0 Å². The number of hydrogen-bond acceptors (Lipinski definition) is 2. The third-order valence-corrected chi connectivity index (χ3v) is 3.54. The zero-order chi connectivity index (χ0) is 8.55. The van der Waals surface area contributed by atoms with Crippen LogP contribution in [0.1, 0.15) is 17.2 Å². The van der Waals surface area contributed by atoms with E-state index in [1.165, 1.54) is 11.1 Å². The first-order chi connectivity index (χ1) is 5.79. The van der Waals surface area contributed by atoms with E-state index in [0.29, 0.717) is 0 Å². The van der Waals surface area contributed by atoms with Gasteiger partial charge in [0.2, 0.25) is 0 Å². The van der Waals surface area contributed by atoms with Gasteiger partial charge in [-0.25, -0.2) is 0 Å². The molecule has 0 amide bonds. The Labute approximate surface area is 81.3 Å². The summed E-state index contributed by atoms with van der Waals surface area (Å²) in [5.74, 6) is 2.01. The van der Waals surface area contributed by atoms with Gasteiger partial charge >= 0.3 is 0 Å². The summed E-state index contributed by atoms with van der Waals surface area (Å²) in [7, 11) is 0. The fourth-order valence-corrected chi connectivity index (χ4v) is 2.86. The summed E-state index contributed by atoms with van der Waals surface area (Å²) in [5.41, 5.74) is 8.38. The van der Waals surface area contributed by atoms with Crippen molar-refractivity contribution < 1.29 is 0 Å². The van der Waals surface area contributed by atoms with Gasteiger partial charge in [0.05, 0.1) is 0 Å². The van der Waals surface area contributed by atoms with Crippen LogP contribution < -0.4 is 5.73 Å². The summed E-state index contributed by atoms with van der Waals surface area (Å²) >= 11 is 7.89. The molecular weight excluding hydrogens is 190 g/mol. The van der Waals surface area contributed by atoms with E-state index >= 15 is 0 Å². The minimum atomic E-state index is 0.164. The Hall–Kier alpha value is -0.180. The molecule has 0 aromatic heterocycles. The zero-order valence-electron chi connectivity index (χ0n) is 6.59. The topological polar surface area (TPSA) is 26.0 Å². The number of nitrogens with two attached hydrogens (primary N) is 1. The Balaban J connectivity index is 2.52. The standard InChI is InChI=1S/C9H10ClNS/c10-8-3-1-2-6-7(8)4-12-5-9(6)11/h1-3,9H,4-5,11H2/t9-/m1/s1. The number of thioether (sulfide) groups is 1. The maximum Gasteiger partial charge on any atom is 0.0449 e. The molecule has 0 saturated carbocycles. The van der Waals surface area contributed by atoms with Crippen LogP contribution in [-0.4, -0.2) is 5.75 Å². The van der Waals surface area contributed by atoms with Crippen molar-refractivity contribution in [3.05, 3.63) is 34.3 Å². The van der Waals surface area contributed by atoms with E-state index in [-0.39, 0.29) is 6.04 Å². The van der Waals surface area contributed by atoms with E-state index in [2.05, 4.69) is 6.07 Å². The smallest absolute Gasteiger partial charge is 0.0449 e. The van der Waals surface area contributed by atoms with E-state index in [0.717, 1.165) is 16.5 Å². The van der Waals surface area contributed by atoms with Crippen LogP contribution in [0.4, 0.5) is 0 Å². The van der Waals surface area contributed by atoms with E-state index in [1.54, 1.807) is 0 Å². The zero-order valence-corrected chi connectivity index (χ0v) is 8.16. The maximum absolute atomic E-state index is 6.04. The van der Waals surface area contributed by atoms with Crippen molar-refractivity contribution in [2.75, 3.05) is 5.75 Å². The van der Waals surface area contributed by atoms with Gasteiger partial charge in [-0.05, 0) is 17.2 Å². The minimum Gasteiger partial charge on any atom is -0.323 e. The van der Waals surface area contributed by atoms with Crippen molar-refractivity contribution in [2.45, 2.75) is 11.8 Å². The van der Waals surface area contributed by atoms with Gasteiger partial charge in [0, 0.05) is 22.6 Å². The van der Waals surface area contributed by atoms with Crippen molar-refractivity contribution in [1.82, 2.24) is 0 Å². The SMILES string of the molecule is N[C@@H]1CSCc2c(Cl)cccc21. The molecule has 1 heterocycles. The molecule has 0 fully saturated rings. The first kappa shape index (κ1) is 8.42. The number of rotatable bonds is 0. The first-order valence-corrected chi connectivity index (χ1v) is 5.43. The molecule has 1 aromatic rings. The second-order valence-electron chi connectivity index (χ2n) is 2.93. The highest BCUT2D eigenvalue weighted by molar-refractivity contribution is 7.98. The third kappa shape index (κ3) is 1.35. The van der Waals surface area contributed by atoms with Gasteiger partial charge in [-0.2, -0.15) is 11.8 Å². The van der Waals surface area contributed by atoms with Crippen molar-refractivity contribution in [2.24, 2.45) is 5.73 Å². The molecule has 3 heteroatoms. The molecule has 0 unspecified atom stereocenters. The average molecular weight is 200 g/mol. The highest BCUT2D eigenvalue weighted by atomic mass is 35.5. The maximum atomic E-state index is 6.04. The van der Waals surface area contributed by atoms with Crippen molar-refractivity contribution >= 4 is 23.4 Å². The molecule has 2 rings (SSSR count). The van der Waals surface area contributed by atoms with Crippen LogP contribution in [-0.2, 0) is 5.75 Å². The average Bonchev–Trinajstić information content (AvgIpc) is 2.07. The molecule has 1 nitrogen and oxygen atoms in total. The Morgan fingerprint density at radius 1 is 1.50 bits per heavy atom. The van der Waals surface area contributed by atoms with E-state index < -0.39 is 0 Å². The molecular formula is C9H10ClNS. The van der Waals surface area contributed by atoms with E-state index in [1.807, 2.05) is 23.9 Å². The number of fused-ring (bicyclic) bond motifs is 1. The fraction of sp³-hybridized carbons (Fsp3) is 0.333. The summed E-state index contributed by atoms with van der Waals surface area (Å²) in [5, 5.41) is 0.857. The largest absolute Gasteiger partial charge is 0.323 e. The quantitative estimate of drug-likeness (QED) is 0.695. The molecule has 0 radical (unpaired) electrons. The lowest BCUT2D eigenvalue weighted by Crippen LogP contribution is -2.18. The Kier molecular flexibility index (Phi) is 2.31. The summed E-state index contributed by atoms with van der Waals surface area (Å²) in [6.07, 6.45) is 0. The molecule has 1 aliphatic rings. The van der Waals surface area contributed by atoms with E-state index in [4.69, 9.17) is 17.3 Å². The number of hydrogen-bond donors (Lipinski definition) is 1. The van der Waals surface area contributed by atoms with Gasteiger partial charge in [-0.15, -0.1) is 0 Å². The summed E-state index contributed by atoms with van der Waals surface area (Å²) in [6.45, 7) is 0. The second-order valence-corrected chi connectivity index (χ2v) is 4.37. The Bertz CT molecular complexity index is 301. The second kappa shape index (κ2) is 3.29. The van der Waals surface area contributed by atoms with Gasteiger partial charge < -0.3 is 5.73 Å². The molecule has 12 heavy (non-hydrogen) atoms.